The van der Waals surface area contributed by atoms with Crippen molar-refractivity contribution in [2.75, 3.05) is 12.3 Å². The SMILES string of the molecule is Nc1ncnc2c1c(-c1ccc(Oc3ccccc3)cc1)nn2C1=CCN=CC1F. The average Bonchev–Trinajstić information content (AvgIpc) is 3.16. The van der Waals surface area contributed by atoms with Gasteiger partial charge in [-0.15, -0.1) is 0 Å². The van der Waals surface area contributed by atoms with Crippen LogP contribution >= 0.6 is 0 Å². The molecule has 0 aliphatic carbocycles. The Morgan fingerprint density at radius 3 is 2.53 bits per heavy atom. The molecule has 0 spiro atoms. The van der Waals surface area contributed by atoms with Gasteiger partial charge >= 0.3 is 0 Å². The summed E-state index contributed by atoms with van der Waals surface area (Å²) in [7, 11) is 0. The molecule has 30 heavy (non-hydrogen) atoms. The lowest BCUT2D eigenvalue weighted by molar-refractivity contribution is 0.483. The number of para-hydroxylation sites is 1. The van der Waals surface area contributed by atoms with Crippen LogP contribution in [0.5, 0.6) is 11.5 Å². The number of nitrogen functional groups attached to an aromatic ring is 1. The molecule has 2 N–H and O–H groups in total. The molecule has 0 fully saturated rings. The molecular weight excluding hydrogens is 383 g/mol. The van der Waals surface area contributed by atoms with Gasteiger partial charge in [0.05, 0.1) is 17.6 Å². The number of ether oxygens (including phenoxy) is 1. The smallest absolute Gasteiger partial charge is 0.176 e. The summed E-state index contributed by atoms with van der Waals surface area (Å²) in [6.07, 6.45) is 2.94. The molecule has 0 saturated heterocycles. The van der Waals surface area contributed by atoms with E-state index in [9.17, 15) is 4.39 Å². The van der Waals surface area contributed by atoms with Gasteiger partial charge in [0.1, 0.15) is 29.3 Å². The number of benzene rings is 2. The molecule has 0 amide bonds. The Bertz CT molecular complexity index is 1260. The third kappa shape index (κ3) is 3.18. The Morgan fingerprint density at radius 1 is 1.00 bits per heavy atom. The van der Waals surface area contributed by atoms with E-state index in [2.05, 4.69) is 20.1 Å². The summed E-state index contributed by atoms with van der Waals surface area (Å²) in [5.74, 6) is 1.72. The van der Waals surface area contributed by atoms with Crippen LogP contribution in [0.1, 0.15) is 0 Å². The molecule has 0 radical (unpaired) electrons. The van der Waals surface area contributed by atoms with Gasteiger partial charge in [0, 0.05) is 11.8 Å². The van der Waals surface area contributed by atoms with Crippen LogP contribution < -0.4 is 10.5 Å². The molecule has 0 bridgehead atoms. The van der Waals surface area contributed by atoms with E-state index in [0.29, 0.717) is 34.7 Å². The van der Waals surface area contributed by atoms with Crippen LogP contribution in [0.2, 0.25) is 0 Å². The molecule has 4 aromatic rings. The van der Waals surface area contributed by atoms with E-state index < -0.39 is 6.17 Å². The standard InChI is InChI=1S/C22H17FN6O/c23-17-12-25-11-10-18(17)29-22-19(21(24)26-13-27-22)20(28-29)14-6-8-16(9-7-14)30-15-4-2-1-3-5-15/h1-10,12-13,17H,11H2,(H2,24,26,27). The van der Waals surface area contributed by atoms with Gasteiger partial charge < -0.3 is 10.5 Å². The Balaban J connectivity index is 1.57. The average molecular weight is 400 g/mol. The van der Waals surface area contributed by atoms with Crippen molar-refractivity contribution in [3.05, 3.63) is 67.0 Å². The maximum atomic E-state index is 14.5. The molecule has 3 heterocycles. The quantitative estimate of drug-likeness (QED) is 0.556. The number of fused-ring (bicyclic) bond motifs is 1. The van der Waals surface area contributed by atoms with Gasteiger partial charge in [0.15, 0.2) is 11.8 Å². The van der Waals surface area contributed by atoms with Gasteiger partial charge in [-0.05, 0) is 42.5 Å². The highest BCUT2D eigenvalue weighted by molar-refractivity contribution is 6.00. The first-order valence-corrected chi connectivity index (χ1v) is 9.37. The lowest BCUT2D eigenvalue weighted by Gasteiger charge is -2.12. The fourth-order valence-electron chi connectivity index (χ4n) is 3.35. The lowest BCUT2D eigenvalue weighted by Crippen LogP contribution is -2.17. The minimum Gasteiger partial charge on any atom is -0.457 e. The van der Waals surface area contributed by atoms with Crippen molar-refractivity contribution in [3.8, 4) is 22.8 Å². The number of aromatic nitrogens is 4. The van der Waals surface area contributed by atoms with Gasteiger partial charge in [0.25, 0.3) is 0 Å². The number of alkyl halides is 1. The van der Waals surface area contributed by atoms with Crippen LogP contribution in [-0.4, -0.2) is 38.7 Å². The number of rotatable bonds is 4. The number of nitrogens with zero attached hydrogens (tertiary/aromatic N) is 5. The van der Waals surface area contributed by atoms with E-state index in [0.717, 1.165) is 11.3 Å². The first-order valence-electron chi connectivity index (χ1n) is 9.37. The molecule has 8 heteroatoms. The van der Waals surface area contributed by atoms with Crippen molar-refractivity contribution >= 4 is 28.8 Å². The summed E-state index contributed by atoms with van der Waals surface area (Å²) in [5.41, 5.74) is 8.32. The van der Waals surface area contributed by atoms with Crippen molar-refractivity contribution in [2.24, 2.45) is 4.99 Å². The predicted octanol–water partition coefficient (Wildman–Crippen LogP) is 4.13. The maximum Gasteiger partial charge on any atom is 0.176 e. The van der Waals surface area contributed by atoms with Crippen LogP contribution in [0, 0.1) is 0 Å². The highest BCUT2D eigenvalue weighted by atomic mass is 19.1. The topological polar surface area (TPSA) is 91.2 Å². The molecule has 7 nitrogen and oxygen atoms in total. The molecular formula is C22H17FN6O. The zero-order valence-electron chi connectivity index (χ0n) is 15.8. The molecule has 2 aromatic heterocycles. The molecule has 1 aliphatic rings. The second-order valence-electron chi connectivity index (χ2n) is 6.70. The highest BCUT2D eigenvalue weighted by Gasteiger charge is 2.23. The highest BCUT2D eigenvalue weighted by Crippen LogP contribution is 2.34. The minimum absolute atomic E-state index is 0.284. The largest absolute Gasteiger partial charge is 0.457 e. The van der Waals surface area contributed by atoms with Crippen LogP contribution in [-0.2, 0) is 0 Å². The number of hydrogen-bond acceptors (Lipinski definition) is 6. The Hall–Kier alpha value is -4.07. The normalized spacial score (nSPS) is 15.9. The van der Waals surface area contributed by atoms with Crippen molar-refractivity contribution in [1.82, 2.24) is 19.7 Å². The molecule has 0 saturated carbocycles. The van der Waals surface area contributed by atoms with E-state index in [-0.39, 0.29) is 5.82 Å². The molecule has 1 unspecified atom stereocenters. The van der Waals surface area contributed by atoms with E-state index in [1.165, 1.54) is 17.2 Å². The fourth-order valence-corrected chi connectivity index (χ4v) is 3.35. The Morgan fingerprint density at radius 2 is 1.77 bits per heavy atom. The van der Waals surface area contributed by atoms with Gasteiger partial charge in [-0.25, -0.2) is 19.0 Å². The van der Waals surface area contributed by atoms with Crippen LogP contribution in [0.3, 0.4) is 0 Å². The van der Waals surface area contributed by atoms with Crippen LogP contribution in [0.25, 0.3) is 28.0 Å². The van der Waals surface area contributed by atoms with Gasteiger partial charge in [-0.3, -0.25) is 4.99 Å². The van der Waals surface area contributed by atoms with Crippen molar-refractivity contribution in [1.29, 1.82) is 0 Å². The van der Waals surface area contributed by atoms with Crippen LogP contribution in [0.15, 0.2) is 72.0 Å². The summed E-state index contributed by atoms with van der Waals surface area (Å²) < 4.78 is 21.8. The summed E-state index contributed by atoms with van der Waals surface area (Å²) in [6.45, 7) is 0.387. The first kappa shape index (κ1) is 18.0. The van der Waals surface area contributed by atoms with Crippen LogP contribution in [0.4, 0.5) is 10.2 Å². The van der Waals surface area contributed by atoms with Gasteiger partial charge in [0.2, 0.25) is 0 Å². The molecule has 148 valence electrons. The molecule has 1 atom stereocenters. The van der Waals surface area contributed by atoms with Gasteiger partial charge in [-0.1, -0.05) is 18.2 Å². The number of aliphatic imine (C=N–C) groups is 1. The fraction of sp³-hybridized carbons (Fsp3) is 0.0909. The first-order chi connectivity index (χ1) is 14.7. The Labute approximate surface area is 171 Å². The number of dihydropyridines is 1. The van der Waals surface area contributed by atoms with Crippen molar-refractivity contribution in [2.45, 2.75) is 6.17 Å². The number of halogens is 1. The summed E-state index contributed by atoms with van der Waals surface area (Å²) in [6, 6.07) is 17.0. The zero-order valence-corrected chi connectivity index (χ0v) is 15.8. The van der Waals surface area contributed by atoms with Gasteiger partial charge in [-0.2, -0.15) is 5.10 Å². The Kier molecular flexibility index (Phi) is 4.44. The summed E-state index contributed by atoms with van der Waals surface area (Å²) >= 11 is 0. The van der Waals surface area contributed by atoms with E-state index >= 15 is 0 Å². The van der Waals surface area contributed by atoms with E-state index in [4.69, 9.17) is 10.5 Å². The van der Waals surface area contributed by atoms with Crippen molar-refractivity contribution in [3.63, 3.8) is 0 Å². The molecule has 2 aromatic carbocycles. The van der Waals surface area contributed by atoms with E-state index in [1.54, 1.807) is 6.08 Å². The number of hydrogen-bond donors (Lipinski definition) is 1. The lowest BCUT2D eigenvalue weighted by atomic mass is 10.1. The molecule has 5 rings (SSSR count). The monoisotopic (exact) mass is 400 g/mol. The number of anilines is 1. The number of nitrogens with two attached hydrogens (primary N) is 1. The third-order valence-corrected chi connectivity index (χ3v) is 4.77. The minimum atomic E-state index is -1.37. The number of allylic oxidation sites excluding steroid dienone is 1. The predicted molar refractivity (Wildman–Crippen MR) is 114 cm³/mol. The summed E-state index contributed by atoms with van der Waals surface area (Å²) in [4.78, 5) is 12.3. The zero-order chi connectivity index (χ0) is 20.5. The van der Waals surface area contributed by atoms with Crippen molar-refractivity contribution < 1.29 is 9.13 Å². The second-order valence-corrected chi connectivity index (χ2v) is 6.70. The third-order valence-electron chi connectivity index (χ3n) is 4.77. The maximum absolute atomic E-state index is 14.5. The summed E-state index contributed by atoms with van der Waals surface area (Å²) in [5, 5.41) is 5.21. The second kappa shape index (κ2) is 7.40. The van der Waals surface area contributed by atoms with E-state index in [1.807, 2.05) is 54.6 Å². The molecule has 1 aliphatic heterocycles.